The van der Waals surface area contributed by atoms with E-state index in [1.165, 1.54) is 24.8 Å². The zero-order valence-electron chi connectivity index (χ0n) is 15.7. The van der Waals surface area contributed by atoms with Crippen molar-refractivity contribution in [2.24, 2.45) is 17.8 Å². The SMILES string of the molecule is C/C(=C\CCC(C)CCC1OC(=O)C(C)C1O)CCCC(C)C. The van der Waals surface area contributed by atoms with Crippen molar-refractivity contribution in [1.82, 2.24) is 0 Å². The highest BCUT2D eigenvalue weighted by Crippen LogP contribution is 2.27. The number of carbonyl (C=O) groups is 1. The van der Waals surface area contributed by atoms with Crippen LogP contribution >= 0.6 is 0 Å². The van der Waals surface area contributed by atoms with Gasteiger partial charge in [0.2, 0.25) is 0 Å². The zero-order valence-corrected chi connectivity index (χ0v) is 15.7. The van der Waals surface area contributed by atoms with E-state index < -0.39 is 6.10 Å². The number of carbonyl (C=O) groups excluding carboxylic acids is 1. The van der Waals surface area contributed by atoms with Crippen molar-refractivity contribution < 1.29 is 14.6 Å². The monoisotopic (exact) mass is 324 g/mol. The number of hydrogen-bond donors (Lipinski definition) is 1. The maximum atomic E-state index is 11.4. The third-order valence-electron chi connectivity index (χ3n) is 4.98. The summed E-state index contributed by atoms with van der Waals surface area (Å²) in [4.78, 5) is 11.4. The lowest BCUT2D eigenvalue weighted by Crippen LogP contribution is -2.25. The van der Waals surface area contributed by atoms with E-state index in [4.69, 9.17) is 4.74 Å². The van der Waals surface area contributed by atoms with E-state index >= 15 is 0 Å². The Morgan fingerprint density at radius 3 is 2.52 bits per heavy atom. The molecule has 3 heteroatoms. The average Bonchev–Trinajstić information content (AvgIpc) is 2.72. The third kappa shape index (κ3) is 7.52. The Hall–Kier alpha value is -0.830. The van der Waals surface area contributed by atoms with Gasteiger partial charge in [0.25, 0.3) is 0 Å². The lowest BCUT2D eigenvalue weighted by Gasteiger charge is -2.16. The summed E-state index contributed by atoms with van der Waals surface area (Å²) in [5, 5.41) is 9.96. The Balaban J connectivity index is 2.17. The molecule has 1 rings (SSSR count). The molecule has 1 heterocycles. The van der Waals surface area contributed by atoms with E-state index in [9.17, 15) is 9.90 Å². The summed E-state index contributed by atoms with van der Waals surface area (Å²) in [6, 6.07) is 0. The smallest absolute Gasteiger partial charge is 0.311 e. The molecule has 23 heavy (non-hydrogen) atoms. The van der Waals surface area contributed by atoms with Crippen LogP contribution in [0.3, 0.4) is 0 Å². The van der Waals surface area contributed by atoms with Gasteiger partial charge in [-0.05, 0) is 64.2 Å². The van der Waals surface area contributed by atoms with Crippen LogP contribution in [0.15, 0.2) is 11.6 Å². The number of rotatable bonds is 10. The van der Waals surface area contributed by atoms with Crippen LogP contribution in [0.25, 0.3) is 0 Å². The van der Waals surface area contributed by atoms with Gasteiger partial charge in [-0.2, -0.15) is 0 Å². The first-order valence-electron chi connectivity index (χ1n) is 9.35. The Morgan fingerprint density at radius 2 is 1.96 bits per heavy atom. The Bertz CT molecular complexity index is 386. The van der Waals surface area contributed by atoms with Crippen molar-refractivity contribution in [3.8, 4) is 0 Å². The van der Waals surface area contributed by atoms with Gasteiger partial charge in [-0.15, -0.1) is 0 Å². The highest BCUT2D eigenvalue weighted by atomic mass is 16.6. The first kappa shape index (κ1) is 20.2. The van der Waals surface area contributed by atoms with Gasteiger partial charge in [0, 0.05) is 0 Å². The molecule has 0 aromatic heterocycles. The largest absolute Gasteiger partial charge is 0.459 e. The number of aliphatic hydroxyl groups excluding tert-OH is 1. The van der Waals surface area contributed by atoms with Crippen molar-refractivity contribution in [2.45, 2.75) is 91.8 Å². The minimum absolute atomic E-state index is 0.255. The summed E-state index contributed by atoms with van der Waals surface area (Å²) in [7, 11) is 0. The number of aliphatic hydroxyl groups is 1. The molecular weight excluding hydrogens is 288 g/mol. The molecule has 134 valence electrons. The fourth-order valence-corrected chi connectivity index (χ4v) is 3.12. The number of esters is 1. The van der Waals surface area contributed by atoms with Crippen LogP contribution in [-0.4, -0.2) is 23.3 Å². The zero-order chi connectivity index (χ0) is 17.4. The highest BCUT2D eigenvalue weighted by molar-refractivity contribution is 5.75. The Kier molecular flexibility index (Phi) is 8.90. The normalized spacial score (nSPS) is 26.7. The highest BCUT2D eigenvalue weighted by Gasteiger charge is 2.40. The molecule has 1 N–H and O–H groups in total. The molecule has 4 unspecified atom stereocenters. The van der Waals surface area contributed by atoms with Gasteiger partial charge in [-0.25, -0.2) is 0 Å². The van der Waals surface area contributed by atoms with Gasteiger partial charge in [-0.3, -0.25) is 4.79 Å². The van der Waals surface area contributed by atoms with Crippen LogP contribution in [0.5, 0.6) is 0 Å². The van der Waals surface area contributed by atoms with Crippen molar-refractivity contribution in [2.75, 3.05) is 0 Å². The first-order valence-corrected chi connectivity index (χ1v) is 9.35. The van der Waals surface area contributed by atoms with Crippen molar-refractivity contribution in [1.29, 1.82) is 0 Å². The number of allylic oxidation sites excluding steroid dienone is 2. The second-order valence-corrected chi connectivity index (χ2v) is 7.85. The minimum atomic E-state index is -0.627. The van der Waals surface area contributed by atoms with Crippen LogP contribution in [0, 0.1) is 17.8 Å². The lowest BCUT2D eigenvalue weighted by molar-refractivity contribution is -0.144. The molecule has 1 aliphatic heterocycles. The minimum Gasteiger partial charge on any atom is -0.459 e. The fourth-order valence-electron chi connectivity index (χ4n) is 3.12. The van der Waals surface area contributed by atoms with E-state index in [1.807, 2.05) is 0 Å². The molecule has 0 saturated carbocycles. The molecule has 1 aliphatic rings. The van der Waals surface area contributed by atoms with E-state index in [0.29, 0.717) is 5.92 Å². The number of hydrogen-bond acceptors (Lipinski definition) is 3. The molecule has 1 fully saturated rings. The molecule has 0 bridgehead atoms. The summed E-state index contributed by atoms with van der Waals surface area (Å²) >= 11 is 0. The first-order chi connectivity index (χ1) is 10.8. The quantitative estimate of drug-likeness (QED) is 0.460. The second-order valence-electron chi connectivity index (χ2n) is 7.85. The molecule has 0 radical (unpaired) electrons. The maximum Gasteiger partial charge on any atom is 0.311 e. The van der Waals surface area contributed by atoms with Gasteiger partial charge in [0.05, 0.1) is 5.92 Å². The second kappa shape index (κ2) is 10.1. The average molecular weight is 325 g/mol. The van der Waals surface area contributed by atoms with Crippen LogP contribution in [-0.2, 0) is 9.53 Å². The van der Waals surface area contributed by atoms with Gasteiger partial charge in [0.15, 0.2) is 0 Å². The predicted octanol–water partition coefficient (Wildman–Crippen LogP) is 4.88. The van der Waals surface area contributed by atoms with Crippen molar-refractivity contribution in [3.05, 3.63) is 11.6 Å². The van der Waals surface area contributed by atoms with Gasteiger partial charge in [0.1, 0.15) is 12.2 Å². The molecule has 0 aliphatic carbocycles. The van der Waals surface area contributed by atoms with Crippen LogP contribution in [0.4, 0.5) is 0 Å². The molecular formula is C20H36O3. The third-order valence-corrected chi connectivity index (χ3v) is 4.98. The van der Waals surface area contributed by atoms with E-state index in [2.05, 4.69) is 33.8 Å². The van der Waals surface area contributed by atoms with Gasteiger partial charge < -0.3 is 9.84 Å². The van der Waals surface area contributed by atoms with Crippen LogP contribution < -0.4 is 0 Å². The topological polar surface area (TPSA) is 46.5 Å². The lowest BCUT2D eigenvalue weighted by atomic mass is 9.94. The fraction of sp³-hybridized carbons (Fsp3) is 0.850. The van der Waals surface area contributed by atoms with E-state index in [0.717, 1.165) is 31.6 Å². The standard InChI is InChI=1S/C20H36O3/c1-14(2)8-6-9-15(3)10-7-11-16(4)12-13-18-19(21)17(5)20(22)23-18/h10,14,16-19,21H,6-9,11-13H2,1-5H3/b15-10+. The maximum absolute atomic E-state index is 11.4. The van der Waals surface area contributed by atoms with Crippen molar-refractivity contribution in [3.63, 3.8) is 0 Å². The molecule has 0 aromatic carbocycles. The van der Waals surface area contributed by atoms with Crippen molar-refractivity contribution >= 4 is 5.97 Å². The summed E-state index contributed by atoms with van der Waals surface area (Å²) in [6.07, 6.45) is 9.33. The molecule has 0 aromatic rings. The van der Waals surface area contributed by atoms with E-state index in [-0.39, 0.29) is 18.0 Å². The number of cyclic esters (lactones) is 1. The summed E-state index contributed by atoms with van der Waals surface area (Å²) in [5.41, 5.74) is 1.51. The molecule has 1 saturated heterocycles. The molecule has 4 atom stereocenters. The molecule has 0 spiro atoms. The Labute approximate surface area is 142 Å². The van der Waals surface area contributed by atoms with Gasteiger partial charge >= 0.3 is 5.97 Å². The molecule has 0 amide bonds. The summed E-state index contributed by atoms with van der Waals surface area (Å²) < 4.78 is 5.24. The van der Waals surface area contributed by atoms with E-state index in [1.54, 1.807) is 6.92 Å². The number of ether oxygens (including phenoxy) is 1. The predicted molar refractivity (Wildman–Crippen MR) is 95.1 cm³/mol. The van der Waals surface area contributed by atoms with Crippen LogP contribution in [0.1, 0.15) is 79.6 Å². The summed E-state index contributed by atoms with van der Waals surface area (Å²) in [6.45, 7) is 10.8. The van der Waals surface area contributed by atoms with Crippen LogP contribution in [0.2, 0.25) is 0 Å². The summed E-state index contributed by atoms with van der Waals surface area (Å²) in [5.74, 6) is 0.768. The Morgan fingerprint density at radius 1 is 1.26 bits per heavy atom. The van der Waals surface area contributed by atoms with Gasteiger partial charge in [-0.1, -0.05) is 38.8 Å². The molecule has 3 nitrogen and oxygen atoms in total.